The average molecular weight is 299 g/mol. The molecule has 0 heterocycles. The van der Waals surface area contributed by atoms with Crippen molar-refractivity contribution in [3.05, 3.63) is 23.8 Å². The Balaban J connectivity index is 3.14. The van der Waals surface area contributed by atoms with Crippen LogP contribution in [0.1, 0.15) is 18.5 Å². The number of hydrogen-bond acceptors (Lipinski definition) is 3. The standard InChI is InChI=1S/C12H14F5NO2/c1-3-20-8-5-4-7(6-9(8)19-2)10(18)11(13,14)12(15,16)17/h4-6,10H,3,18H2,1-2H3/t10-/m0/s1. The lowest BCUT2D eigenvalue weighted by Gasteiger charge is -2.26. The van der Waals surface area contributed by atoms with E-state index in [0.717, 1.165) is 12.1 Å². The van der Waals surface area contributed by atoms with Crippen LogP contribution in [0, 0.1) is 0 Å². The van der Waals surface area contributed by atoms with E-state index in [9.17, 15) is 22.0 Å². The molecular formula is C12H14F5NO2. The molecule has 2 N–H and O–H groups in total. The first-order valence-electron chi connectivity index (χ1n) is 5.66. The Hall–Kier alpha value is -1.57. The van der Waals surface area contributed by atoms with Crippen LogP contribution in [-0.2, 0) is 0 Å². The number of benzene rings is 1. The van der Waals surface area contributed by atoms with Crippen molar-refractivity contribution in [2.24, 2.45) is 5.73 Å². The quantitative estimate of drug-likeness (QED) is 0.849. The number of methoxy groups -OCH3 is 1. The van der Waals surface area contributed by atoms with E-state index < -0.39 is 23.7 Å². The number of alkyl halides is 5. The summed E-state index contributed by atoms with van der Waals surface area (Å²) in [5.41, 5.74) is 4.64. The van der Waals surface area contributed by atoms with E-state index in [1.165, 1.54) is 13.2 Å². The van der Waals surface area contributed by atoms with Crippen LogP contribution in [-0.4, -0.2) is 25.8 Å². The second kappa shape index (κ2) is 5.82. The number of halogens is 5. The molecule has 1 atom stereocenters. The first-order chi connectivity index (χ1) is 9.15. The highest BCUT2D eigenvalue weighted by molar-refractivity contribution is 5.44. The molecule has 1 aromatic rings. The molecule has 8 heteroatoms. The third-order valence-corrected chi connectivity index (χ3v) is 2.62. The summed E-state index contributed by atoms with van der Waals surface area (Å²) >= 11 is 0. The minimum Gasteiger partial charge on any atom is -0.493 e. The fourth-order valence-corrected chi connectivity index (χ4v) is 1.54. The first-order valence-corrected chi connectivity index (χ1v) is 5.66. The molecule has 114 valence electrons. The smallest absolute Gasteiger partial charge is 0.455 e. The van der Waals surface area contributed by atoms with Crippen molar-refractivity contribution >= 4 is 0 Å². The van der Waals surface area contributed by atoms with Gasteiger partial charge in [0.15, 0.2) is 11.5 Å². The van der Waals surface area contributed by atoms with Gasteiger partial charge in [-0.15, -0.1) is 0 Å². The lowest BCUT2D eigenvalue weighted by atomic mass is 10.0. The molecule has 3 nitrogen and oxygen atoms in total. The molecule has 1 rings (SSSR count). The van der Waals surface area contributed by atoms with Crippen molar-refractivity contribution in [2.45, 2.75) is 25.1 Å². The van der Waals surface area contributed by atoms with Crippen LogP contribution in [0.25, 0.3) is 0 Å². The van der Waals surface area contributed by atoms with E-state index in [-0.39, 0.29) is 11.5 Å². The van der Waals surface area contributed by atoms with Crippen molar-refractivity contribution in [1.82, 2.24) is 0 Å². The summed E-state index contributed by atoms with van der Waals surface area (Å²) in [6, 6.07) is 0.781. The summed E-state index contributed by atoms with van der Waals surface area (Å²) in [5, 5.41) is 0. The van der Waals surface area contributed by atoms with Crippen LogP contribution < -0.4 is 15.2 Å². The molecule has 0 spiro atoms. The molecule has 0 aliphatic heterocycles. The molecule has 0 unspecified atom stereocenters. The highest BCUT2D eigenvalue weighted by Crippen LogP contribution is 2.44. The van der Waals surface area contributed by atoms with E-state index in [1.807, 2.05) is 0 Å². The van der Waals surface area contributed by atoms with Gasteiger partial charge < -0.3 is 15.2 Å². The normalized spacial score (nSPS) is 14.0. The Morgan fingerprint density at radius 3 is 2.20 bits per heavy atom. The Morgan fingerprint density at radius 2 is 1.75 bits per heavy atom. The van der Waals surface area contributed by atoms with Gasteiger partial charge in [0.1, 0.15) is 6.04 Å². The third kappa shape index (κ3) is 3.12. The monoisotopic (exact) mass is 299 g/mol. The SMILES string of the molecule is CCOc1ccc([C@H](N)C(F)(F)C(F)(F)F)cc1OC. The first kappa shape index (κ1) is 16.5. The van der Waals surface area contributed by atoms with Gasteiger partial charge in [0, 0.05) is 0 Å². The maximum Gasteiger partial charge on any atom is 0.455 e. The summed E-state index contributed by atoms with van der Waals surface area (Å²) in [6.45, 7) is 1.98. The largest absolute Gasteiger partial charge is 0.493 e. The molecule has 1 aromatic carbocycles. The third-order valence-electron chi connectivity index (χ3n) is 2.62. The van der Waals surface area contributed by atoms with Crippen LogP contribution in [0.4, 0.5) is 22.0 Å². The van der Waals surface area contributed by atoms with Crippen molar-refractivity contribution in [3.63, 3.8) is 0 Å². The van der Waals surface area contributed by atoms with Crippen molar-refractivity contribution in [3.8, 4) is 11.5 Å². The number of rotatable bonds is 5. The van der Waals surface area contributed by atoms with Gasteiger partial charge in [0.25, 0.3) is 0 Å². The number of ether oxygens (including phenoxy) is 2. The molecule has 0 aliphatic rings. The average Bonchev–Trinajstić information content (AvgIpc) is 2.37. The van der Waals surface area contributed by atoms with Gasteiger partial charge in [-0.05, 0) is 24.6 Å². The van der Waals surface area contributed by atoms with Crippen LogP contribution >= 0.6 is 0 Å². The van der Waals surface area contributed by atoms with Crippen LogP contribution in [0.5, 0.6) is 11.5 Å². The minimum absolute atomic E-state index is 0.0396. The fraction of sp³-hybridized carbons (Fsp3) is 0.500. The number of hydrogen-bond donors (Lipinski definition) is 1. The second-order valence-corrected chi connectivity index (χ2v) is 3.94. The molecule has 0 amide bonds. The van der Waals surface area contributed by atoms with Crippen LogP contribution in [0.2, 0.25) is 0 Å². The van der Waals surface area contributed by atoms with Crippen LogP contribution in [0.15, 0.2) is 18.2 Å². The van der Waals surface area contributed by atoms with E-state index in [1.54, 1.807) is 6.92 Å². The summed E-state index contributed by atoms with van der Waals surface area (Å²) in [5.74, 6) is -4.76. The van der Waals surface area contributed by atoms with Crippen LogP contribution in [0.3, 0.4) is 0 Å². The van der Waals surface area contributed by atoms with Gasteiger partial charge >= 0.3 is 12.1 Å². The predicted molar refractivity (Wildman–Crippen MR) is 62.1 cm³/mol. The molecule has 0 radical (unpaired) electrons. The predicted octanol–water partition coefficient (Wildman–Crippen LogP) is 3.29. The zero-order valence-electron chi connectivity index (χ0n) is 10.8. The highest BCUT2D eigenvalue weighted by atomic mass is 19.4. The zero-order valence-corrected chi connectivity index (χ0v) is 10.8. The van der Waals surface area contributed by atoms with Gasteiger partial charge in [0.2, 0.25) is 0 Å². The Bertz CT molecular complexity index is 462. The molecule has 0 aromatic heterocycles. The summed E-state index contributed by atoms with van der Waals surface area (Å²) in [7, 11) is 1.25. The van der Waals surface area contributed by atoms with E-state index in [4.69, 9.17) is 15.2 Å². The highest BCUT2D eigenvalue weighted by Gasteiger charge is 2.61. The lowest BCUT2D eigenvalue weighted by Crippen LogP contribution is -2.45. The molecular weight excluding hydrogens is 285 g/mol. The van der Waals surface area contributed by atoms with Gasteiger partial charge in [-0.3, -0.25) is 0 Å². The maximum absolute atomic E-state index is 13.2. The summed E-state index contributed by atoms with van der Waals surface area (Å²) in [6.07, 6.45) is -5.72. The van der Waals surface area contributed by atoms with Gasteiger partial charge in [-0.2, -0.15) is 22.0 Å². The second-order valence-electron chi connectivity index (χ2n) is 3.94. The molecule has 0 bridgehead atoms. The lowest BCUT2D eigenvalue weighted by molar-refractivity contribution is -0.291. The van der Waals surface area contributed by atoms with Gasteiger partial charge in [-0.1, -0.05) is 6.07 Å². The molecule has 0 saturated carbocycles. The van der Waals surface area contributed by atoms with Crippen molar-refractivity contribution in [1.29, 1.82) is 0 Å². The number of nitrogens with two attached hydrogens (primary N) is 1. The molecule has 20 heavy (non-hydrogen) atoms. The Labute approximate surface area is 112 Å². The van der Waals surface area contributed by atoms with Gasteiger partial charge in [0.05, 0.1) is 13.7 Å². The zero-order chi connectivity index (χ0) is 15.6. The van der Waals surface area contributed by atoms with E-state index in [2.05, 4.69) is 0 Å². The Morgan fingerprint density at radius 1 is 1.15 bits per heavy atom. The minimum atomic E-state index is -5.72. The Kier molecular flexibility index (Phi) is 4.80. The van der Waals surface area contributed by atoms with E-state index >= 15 is 0 Å². The van der Waals surface area contributed by atoms with Crippen molar-refractivity contribution < 1.29 is 31.4 Å². The maximum atomic E-state index is 13.2. The fourth-order valence-electron chi connectivity index (χ4n) is 1.54. The van der Waals surface area contributed by atoms with Crippen molar-refractivity contribution in [2.75, 3.05) is 13.7 Å². The molecule has 0 fully saturated rings. The molecule has 0 saturated heterocycles. The van der Waals surface area contributed by atoms with Gasteiger partial charge in [-0.25, -0.2) is 0 Å². The van der Waals surface area contributed by atoms with E-state index in [0.29, 0.717) is 6.61 Å². The topological polar surface area (TPSA) is 44.5 Å². The summed E-state index contributed by atoms with van der Waals surface area (Å²) < 4.78 is 73.2. The molecule has 0 aliphatic carbocycles. The summed E-state index contributed by atoms with van der Waals surface area (Å²) in [4.78, 5) is 0.